The van der Waals surface area contributed by atoms with Crippen LogP contribution in [0.2, 0.25) is 0 Å². The summed E-state index contributed by atoms with van der Waals surface area (Å²) in [6.45, 7) is 1.77. The minimum atomic E-state index is 0.185. The largest absolute Gasteiger partial charge is 0.496 e. The standard InChI is InChI=1S/C26H30N2O2/c1-30-24-12-5-4-9-21(24)25-20-11-8-10-19(20)22-17-18(13-14-23(22)27-25)26(29)28-15-6-2-3-7-16-28/h4-5,8-10,12-14,17,19-20,25,27H,2-3,6-7,11,15-16H2,1H3. The maximum atomic E-state index is 13.2. The van der Waals surface area contributed by atoms with Gasteiger partial charge < -0.3 is 15.0 Å². The Hall–Kier alpha value is -2.75. The average Bonchev–Trinajstić information content (AvgIpc) is 3.13. The smallest absolute Gasteiger partial charge is 0.253 e. The number of amides is 1. The van der Waals surface area contributed by atoms with Crippen LogP contribution < -0.4 is 10.1 Å². The van der Waals surface area contributed by atoms with E-state index in [1.54, 1.807) is 7.11 Å². The molecule has 1 fully saturated rings. The van der Waals surface area contributed by atoms with Crippen molar-refractivity contribution in [3.8, 4) is 5.75 Å². The van der Waals surface area contributed by atoms with Crippen molar-refractivity contribution in [3.63, 3.8) is 0 Å². The highest BCUT2D eigenvalue weighted by Crippen LogP contribution is 2.51. The van der Waals surface area contributed by atoms with Gasteiger partial charge in [0, 0.05) is 35.8 Å². The molecule has 0 radical (unpaired) electrons. The number of anilines is 1. The molecule has 1 aliphatic carbocycles. The third kappa shape index (κ3) is 3.38. The molecule has 30 heavy (non-hydrogen) atoms. The van der Waals surface area contributed by atoms with Crippen LogP contribution in [-0.4, -0.2) is 31.0 Å². The highest BCUT2D eigenvalue weighted by Gasteiger charge is 2.39. The van der Waals surface area contributed by atoms with Crippen LogP contribution in [0.25, 0.3) is 0 Å². The molecule has 2 aromatic carbocycles. The van der Waals surface area contributed by atoms with Crippen molar-refractivity contribution in [1.29, 1.82) is 0 Å². The van der Waals surface area contributed by atoms with Gasteiger partial charge in [0.15, 0.2) is 0 Å². The van der Waals surface area contributed by atoms with E-state index in [0.29, 0.717) is 11.8 Å². The van der Waals surface area contributed by atoms with Gasteiger partial charge in [0.05, 0.1) is 13.2 Å². The fourth-order valence-corrected chi connectivity index (χ4v) is 5.42. The van der Waals surface area contributed by atoms with E-state index in [-0.39, 0.29) is 11.9 Å². The maximum absolute atomic E-state index is 13.2. The van der Waals surface area contributed by atoms with Crippen molar-refractivity contribution < 1.29 is 9.53 Å². The number of hydrogen-bond donors (Lipinski definition) is 1. The zero-order valence-electron chi connectivity index (χ0n) is 17.6. The number of carbonyl (C=O) groups is 1. The molecule has 3 unspecified atom stereocenters. The first-order chi connectivity index (χ1) is 14.8. The Labute approximate surface area is 178 Å². The lowest BCUT2D eigenvalue weighted by Crippen LogP contribution is -2.33. The van der Waals surface area contributed by atoms with Crippen molar-refractivity contribution in [2.75, 3.05) is 25.5 Å². The fourth-order valence-electron chi connectivity index (χ4n) is 5.42. The lowest BCUT2D eigenvalue weighted by Gasteiger charge is -2.38. The molecule has 2 heterocycles. The van der Waals surface area contributed by atoms with Crippen LogP contribution >= 0.6 is 0 Å². The van der Waals surface area contributed by atoms with Gasteiger partial charge in [-0.1, -0.05) is 43.2 Å². The number of para-hydroxylation sites is 1. The summed E-state index contributed by atoms with van der Waals surface area (Å²) in [5.74, 6) is 1.87. The van der Waals surface area contributed by atoms with Crippen molar-refractivity contribution >= 4 is 11.6 Å². The number of methoxy groups -OCH3 is 1. The first-order valence-electron chi connectivity index (χ1n) is 11.3. The highest BCUT2D eigenvalue weighted by molar-refractivity contribution is 5.95. The number of ether oxygens (including phenoxy) is 1. The van der Waals surface area contributed by atoms with Crippen molar-refractivity contribution in [3.05, 3.63) is 71.3 Å². The molecule has 5 rings (SSSR count). The predicted octanol–water partition coefficient (Wildman–Crippen LogP) is 5.54. The zero-order chi connectivity index (χ0) is 20.5. The molecule has 1 N–H and O–H groups in total. The topological polar surface area (TPSA) is 41.6 Å². The lowest BCUT2D eigenvalue weighted by molar-refractivity contribution is 0.0761. The number of fused-ring (bicyclic) bond motifs is 3. The van der Waals surface area contributed by atoms with Gasteiger partial charge in [-0.3, -0.25) is 4.79 Å². The van der Waals surface area contributed by atoms with E-state index >= 15 is 0 Å². The summed E-state index contributed by atoms with van der Waals surface area (Å²) in [4.78, 5) is 15.2. The number of benzene rings is 2. The first kappa shape index (κ1) is 19.2. The van der Waals surface area contributed by atoms with E-state index in [0.717, 1.165) is 49.4 Å². The molecule has 0 aromatic heterocycles. The average molecular weight is 403 g/mol. The summed E-state index contributed by atoms with van der Waals surface area (Å²) < 4.78 is 5.65. The molecule has 0 spiro atoms. The van der Waals surface area contributed by atoms with Crippen molar-refractivity contribution in [2.24, 2.45) is 5.92 Å². The predicted molar refractivity (Wildman–Crippen MR) is 120 cm³/mol. The molecular weight excluding hydrogens is 372 g/mol. The molecule has 1 saturated heterocycles. The second-order valence-electron chi connectivity index (χ2n) is 8.73. The van der Waals surface area contributed by atoms with E-state index in [1.807, 2.05) is 23.1 Å². The van der Waals surface area contributed by atoms with E-state index in [9.17, 15) is 4.79 Å². The van der Waals surface area contributed by atoms with Crippen LogP contribution in [0, 0.1) is 5.92 Å². The SMILES string of the molecule is COc1ccccc1C1Nc2ccc(C(=O)N3CCCCCC3)cc2C2C=CCC21. The van der Waals surface area contributed by atoms with Gasteiger partial charge in [0.1, 0.15) is 5.75 Å². The van der Waals surface area contributed by atoms with E-state index in [2.05, 4.69) is 41.7 Å². The number of hydrogen-bond acceptors (Lipinski definition) is 3. The van der Waals surface area contributed by atoms with Crippen LogP contribution in [0.5, 0.6) is 5.75 Å². The minimum absolute atomic E-state index is 0.185. The summed E-state index contributed by atoms with van der Waals surface area (Å²) in [5.41, 5.74) is 4.41. The molecule has 0 bridgehead atoms. The molecule has 2 aliphatic heterocycles. The van der Waals surface area contributed by atoms with Crippen molar-refractivity contribution in [2.45, 2.75) is 44.1 Å². The number of rotatable bonds is 3. The minimum Gasteiger partial charge on any atom is -0.496 e. The Kier molecular flexibility index (Phi) is 5.24. The zero-order valence-corrected chi connectivity index (χ0v) is 17.6. The van der Waals surface area contributed by atoms with Gasteiger partial charge in [-0.05, 0) is 55.0 Å². The quantitative estimate of drug-likeness (QED) is 0.686. The van der Waals surface area contributed by atoms with Crippen LogP contribution in [0.3, 0.4) is 0 Å². The third-order valence-corrected chi connectivity index (χ3v) is 6.98. The monoisotopic (exact) mass is 402 g/mol. The molecule has 3 atom stereocenters. The number of nitrogens with zero attached hydrogens (tertiary/aromatic N) is 1. The Morgan fingerprint density at radius 3 is 2.63 bits per heavy atom. The van der Waals surface area contributed by atoms with Gasteiger partial charge >= 0.3 is 0 Å². The molecule has 4 nitrogen and oxygen atoms in total. The summed E-state index contributed by atoms with van der Waals surface area (Å²) in [5, 5.41) is 3.77. The molecule has 3 aliphatic rings. The summed E-state index contributed by atoms with van der Waals surface area (Å²) in [7, 11) is 1.74. The summed E-state index contributed by atoms with van der Waals surface area (Å²) in [6.07, 6.45) is 10.3. The number of allylic oxidation sites excluding steroid dienone is 2. The molecule has 1 amide bonds. The second-order valence-corrected chi connectivity index (χ2v) is 8.73. The molecule has 156 valence electrons. The number of carbonyl (C=O) groups excluding carboxylic acids is 1. The fraction of sp³-hybridized carbons (Fsp3) is 0.423. The second kappa shape index (κ2) is 8.17. The summed E-state index contributed by atoms with van der Waals surface area (Å²) in [6, 6.07) is 14.7. The Bertz CT molecular complexity index is 959. The van der Waals surface area contributed by atoms with Crippen LogP contribution in [0.15, 0.2) is 54.6 Å². The molecular formula is C26H30N2O2. The van der Waals surface area contributed by atoms with Crippen LogP contribution in [-0.2, 0) is 0 Å². The van der Waals surface area contributed by atoms with Crippen molar-refractivity contribution in [1.82, 2.24) is 4.90 Å². The summed E-state index contributed by atoms with van der Waals surface area (Å²) >= 11 is 0. The van der Waals surface area contributed by atoms with Gasteiger partial charge in [0.2, 0.25) is 0 Å². The Morgan fingerprint density at radius 1 is 1.03 bits per heavy atom. The highest BCUT2D eigenvalue weighted by atomic mass is 16.5. The van der Waals surface area contributed by atoms with Gasteiger partial charge in [-0.25, -0.2) is 0 Å². The molecule has 4 heteroatoms. The van der Waals surface area contributed by atoms with Crippen LogP contribution in [0.1, 0.15) is 65.5 Å². The van der Waals surface area contributed by atoms with E-state index in [1.165, 1.54) is 24.0 Å². The van der Waals surface area contributed by atoms with E-state index in [4.69, 9.17) is 4.74 Å². The normalized spacial score (nSPS) is 25.1. The van der Waals surface area contributed by atoms with E-state index < -0.39 is 0 Å². The third-order valence-electron chi connectivity index (χ3n) is 6.98. The van der Waals surface area contributed by atoms with Gasteiger partial charge in [-0.2, -0.15) is 0 Å². The molecule has 0 saturated carbocycles. The van der Waals surface area contributed by atoms with Gasteiger partial charge in [0.25, 0.3) is 5.91 Å². The maximum Gasteiger partial charge on any atom is 0.253 e. The Morgan fingerprint density at radius 2 is 1.83 bits per heavy atom. The Balaban J connectivity index is 1.47. The molecule has 2 aromatic rings. The van der Waals surface area contributed by atoms with Crippen LogP contribution in [0.4, 0.5) is 5.69 Å². The van der Waals surface area contributed by atoms with Gasteiger partial charge in [-0.15, -0.1) is 0 Å². The first-order valence-corrected chi connectivity index (χ1v) is 11.3. The number of nitrogens with one attached hydrogen (secondary N) is 1. The number of likely N-dealkylation sites (tertiary alicyclic amines) is 1. The lowest BCUT2D eigenvalue weighted by atomic mass is 9.76.